The second-order valence-corrected chi connectivity index (χ2v) is 9.70. The van der Waals surface area contributed by atoms with Crippen molar-refractivity contribution in [2.24, 2.45) is 0 Å². The van der Waals surface area contributed by atoms with Crippen LogP contribution in [0.3, 0.4) is 0 Å². The summed E-state index contributed by atoms with van der Waals surface area (Å²) in [6, 6.07) is 11.5. The maximum Gasteiger partial charge on any atom is 0.293 e. The molecule has 0 atom stereocenters. The van der Waals surface area contributed by atoms with E-state index in [1.807, 2.05) is 29.0 Å². The van der Waals surface area contributed by atoms with Crippen LogP contribution in [0.5, 0.6) is 5.75 Å². The third-order valence-electron chi connectivity index (χ3n) is 6.11. The van der Waals surface area contributed by atoms with Crippen molar-refractivity contribution in [1.82, 2.24) is 14.8 Å². The van der Waals surface area contributed by atoms with E-state index in [-0.39, 0.29) is 36.7 Å². The molecule has 3 amide bonds. The zero-order valence-corrected chi connectivity index (χ0v) is 22.2. The highest BCUT2D eigenvalue weighted by Crippen LogP contribution is 2.34. The smallest absolute Gasteiger partial charge is 0.293 e. The summed E-state index contributed by atoms with van der Waals surface area (Å²) in [6.45, 7) is 3.45. The lowest BCUT2D eigenvalue weighted by molar-refractivity contribution is -0.123. The normalized spacial score (nSPS) is 14.6. The number of hydrogen-bond acceptors (Lipinski definition) is 6. The van der Waals surface area contributed by atoms with Gasteiger partial charge >= 0.3 is 0 Å². The fourth-order valence-electron chi connectivity index (χ4n) is 4.26. The summed E-state index contributed by atoms with van der Waals surface area (Å²) >= 11 is 0.875. The minimum Gasteiger partial charge on any atom is -0.492 e. The van der Waals surface area contributed by atoms with Gasteiger partial charge in [0.1, 0.15) is 24.7 Å². The molecule has 2 heterocycles. The molecular weight excluding hydrogens is 509 g/mol. The molecule has 3 aromatic rings. The lowest BCUT2D eigenvalue weighted by atomic mass is 10.1. The molecule has 1 N–H and O–H groups in total. The second-order valence-electron chi connectivity index (χ2n) is 8.71. The highest BCUT2D eigenvalue weighted by atomic mass is 32.2. The first-order chi connectivity index (χ1) is 18.4. The molecule has 0 unspecified atom stereocenters. The van der Waals surface area contributed by atoms with Crippen molar-refractivity contribution in [3.05, 3.63) is 70.5 Å². The van der Waals surface area contributed by atoms with Gasteiger partial charge in [0.25, 0.3) is 11.1 Å². The number of ether oxygens (including phenoxy) is 2. The summed E-state index contributed by atoms with van der Waals surface area (Å²) in [4.78, 5) is 39.7. The molecule has 38 heavy (non-hydrogen) atoms. The average molecular weight is 540 g/mol. The van der Waals surface area contributed by atoms with E-state index >= 15 is 0 Å². The van der Waals surface area contributed by atoms with Crippen LogP contribution in [0.1, 0.15) is 24.5 Å². The standard InChI is InChI=1S/C28H30FN3O5S/c1-3-19-6-4-7-23-20(17-31(26(19)23)18-25(33)30-12-5-14-36-2)16-24-27(34)32(28(35)38-24)13-15-37-22-10-8-21(29)9-11-22/h4,6-11,16-17H,3,5,12-15,18H2,1-2H3,(H,30,33)/b24-16-. The Morgan fingerprint density at radius 3 is 2.66 bits per heavy atom. The fourth-order valence-corrected chi connectivity index (χ4v) is 5.12. The SMILES string of the molecule is CCc1cccc2c(/C=C3\SC(=O)N(CCOc4ccc(F)cc4)C3=O)cn(CC(=O)NCCCOC)c12. The van der Waals surface area contributed by atoms with Crippen LogP contribution in [0.4, 0.5) is 9.18 Å². The number of aryl methyl sites for hydroxylation is 1. The summed E-state index contributed by atoms with van der Waals surface area (Å²) < 4.78 is 25.5. The van der Waals surface area contributed by atoms with Crippen LogP contribution in [-0.4, -0.2) is 59.9 Å². The largest absolute Gasteiger partial charge is 0.492 e. The number of halogens is 1. The highest BCUT2D eigenvalue weighted by Gasteiger charge is 2.35. The predicted octanol–water partition coefficient (Wildman–Crippen LogP) is 4.61. The third-order valence-corrected chi connectivity index (χ3v) is 7.02. The number of imide groups is 1. The van der Waals surface area contributed by atoms with Gasteiger partial charge in [-0.3, -0.25) is 19.3 Å². The van der Waals surface area contributed by atoms with Crippen LogP contribution >= 0.6 is 11.8 Å². The van der Waals surface area contributed by atoms with Gasteiger partial charge in [0.15, 0.2) is 0 Å². The third kappa shape index (κ3) is 6.43. The first kappa shape index (κ1) is 27.4. The fraction of sp³-hybridized carbons (Fsp3) is 0.321. The monoisotopic (exact) mass is 539 g/mol. The van der Waals surface area contributed by atoms with Gasteiger partial charge in [0, 0.05) is 37.4 Å². The Labute approximate surface area is 224 Å². The zero-order chi connectivity index (χ0) is 27.1. The molecule has 4 rings (SSSR count). The number of para-hydroxylation sites is 1. The molecule has 0 radical (unpaired) electrons. The lowest BCUT2D eigenvalue weighted by Gasteiger charge is -2.13. The number of carbonyl (C=O) groups excluding carboxylic acids is 3. The number of rotatable bonds is 12. The molecule has 2 aromatic carbocycles. The molecule has 1 saturated heterocycles. The van der Waals surface area contributed by atoms with Gasteiger partial charge in [-0.05, 0) is 60.5 Å². The molecule has 1 fully saturated rings. The second kappa shape index (κ2) is 12.7. The van der Waals surface area contributed by atoms with Gasteiger partial charge < -0.3 is 19.4 Å². The minimum atomic E-state index is -0.397. The summed E-state index contributed by atoms with van der Waals surface area (Å²) in [7, 11) is 1.62. The number of thioether (sulfide) groups is 1. The van der Waals surface area contributed by atoms with Crippen LogP contribution in [0, 0.1) is 5.82 Å². The maximum absolute atomic E-state index is 13.1. The van der Waals surface area contributed by atoms with E-state index < -0.39 is 5.91 Å². The number of benzene rings is 2. The number of nitrogens with zero attached hydrogens (tertiary/aromatic N) is 2. The first-order valence-electron chi connectivity index (χ1n) is 12.4. The average Bonchev–Trinajstić information content (AvgIpc) is 3.39. The summed E-state index contributed by atoms with van der Waals surface area (Å²) in [6.07, 6.45) is 5.07. The molecule has 1 aliphatic heterocycles. The minimum absolute atomic E-state index is 0.0738. The van der Waals surface area contributed by atoms with E-state index in [1.54, 1.807) is 13.2 Å². The van der Waals surface area contributed by atoms with Crippen molar-refractivity contribution in [2.75, 3.05) is 33.4 Å². The van der Waals surface area contributed by atoms with Crippen molar-refractivity contribution >= 4 is 45.8 Å². The van der Waals surface area contributed by atoms with Gasteiger partial charge in [-0.1, -0.05) is 25.1 Å². The van der Waals surface area contributed by atoms with Crippen molar-refractivity contribution in [3.63, 3.8) is 0 Å². The van der Waals surface area contributed by atoms with Gasteiger partial charge in [0.05, 0.1) is 17.0 Å². The molecule has 0 saturated carbocycles. The molecule has 200 valence electrons. The van der Waals surface area contributed by atoms with Crippen LogP contribution in [0.15, 0.2) is 53.6 Å². The van der Waals surface area contributed by atoms with Crippen molar-refractivity contribution < 1.29 is 28.2 Å². The van der Waals surface area contributed by atoms with Gasteiger partial charge in [-0.15, -0.1) is 0 Å². The Hall–Kier alpha value is -3.63. The van der Waals surface area contributed by atoms with Gasteiger partial charge in [-0.25, -0.2) is 4.39 Å². The van der Waals surface area contributed by atoms with Crippen LogP contribution in [-0.2, 0) is 27.3 Å². The number of methoxy groups -OCH3 is 1. The van der Waals surface area contributed by atoms with Crippen molar-refractivity contribution in [3.8, 4) is 5.75 Å². The molecular formula is C28H30FN3O5S. The van der Waals surface area contributed by atoms with E-state index in [2.05, 4.69) is 12.2 Å². The number of amides is 3. The number of fused-ring (bicyclic) bond motifs is 1. The quantitative estimate of drug-likeness (QED) is 0.267. The number of aromatic nitrogens is 1. The Bertz CT molecular complexity index is 1350. The van der Waals surface area contributed by atoms with Crippen molar-refractivity contribution in [1.29, 1.82) is 0 Å². The van der Waals surface area contributed by atoms with E-state index in [0.29, 0.717) is 23.8 Å². The van der Waals surface area contributed by atoms with Crippen LogP contribution in [0.25, 0.3) is 17.0 Å². The molecule has 0 spiro atoms. The van der Waals surface area contributed by atoms with Gasteiger partial charge in [-0.2, -0.15) is 0 Å². The Morgan fingerprint density at radius 1 is 1.13 bits per heavy atom. The number of nitrogens with one attached hydrogen (secondary N) is 1. The summed E-state index contributed by atoms with van der Waals surface area (Å²) in [5.41, 5.74) is 2.77. The molecule has 10 heteroatoms. The van der Waals surface area contributed by atoms with Crippen LogP contribution < -0.4 is 10.1 Å². The lowest BCUT2D eigenvalue weighted by Crippen LogP contribution is -2.32. The van der Waals surface area contributed by atoms with E-state index in [0.717, 1.165) is 51.5 Å². The Kier molecular flexibility index (Phi) is 9.19. The summed E-state index contributed by atoms with van der Waals surface area (Å²) in [5, 5.41) is 3.44. The van der Waals surface area contributed by atoms with Crippen LogP contribution in [0.2, 0.25) is 0 Å². The number of hydrogen-bond donors (Lipinski definition) is 1. The molecule has 1 aromatic heterocycles. The first-order valence-corrected chi connectivity index (χ1v) is 13.2. The Morgan fingerprint density at radius 2 is 1.92 bits per heavy atom. The van der Waals surface area contributed by atoms with Gasteiger partial charge in [0.2, 0.25) is 5.91 Å². The zero-order valence-electron chi connectivity index (χ0n) is 21.4. The topological polar surface area (TPSA) is 89.9 Å². The van der Waals surface area contributed by atoms with E-state index in [1.165, 1.54) is 24.3 Å². The maximum atomic E-state index is 13.1. The highest BCUT2D eigenvalue weighted by molar-refractivity contribution is 8.18. The molecule has 0 aliphatic carbocycles. The Balaban J connectivity index is 1.51. The molecule has 1 aliphatic rings. The van der Waals surface area contributed by atoms with Crippen molar-refractivity contribution in [2.45, 2.75) is 26.3 Å². The predicted molar refractivity (Wildman–Crippen MR) is 145 cm³/mol. The molecule has 8 nitrogen and oxygen atoms in total. The summed E-state index contributed by atoms with van der Waals surface area (Å²) in [5.74, 6) is -0.428. The van der Waals surface area contributed by atoms with E-state index in [4.69, 9.17) is 9.47 Å². The van der Waals surface area contributed by atoms with E-state index in [9.17, 15) is 18.8 Å². The number of carbonyl (C=O) groups is 3. The molecule has 0 bridgehead atoms.